The number of aromatic nitrogens is 4. The molecule has 0 saturated heterocycles. The Morgan fingerprint density at radius 2 is 0.826 bits per heavy atom. The molecule has 0 N–H and O–H groups in total. The second kappa shape index (κ2) is 16.0. The van der Waals surface area contributed by atoms with Crippen molar-refractivity contribution in [3.8, 4) is 67.5 Å². The van der Waals surface area contributed by atoms with Crippen LogP contribution in [0.15, 0.2) is 243 Å². The molecule has 0 aliphatic carbocycles. The maximum atomic E-state index is 5.25. The van der Waals surface area contributed by atoms with Crippen molar-refractivity contribution in [3.05, 3.63) is 243 Å². The number of para-hydroxylation sites is 1. The Kier molecular flexibility index (Phi) is 9.19. The molecule has 5 heteroatoms. The van der Waals surface area contributed by atoms with Crippen LogP contribution < -0.4 is 0 Å². The minimum absolute atomic E-state index is 0.215. The standard InChI is InChI=1S/C64H40N4Se/c1-4-16-41(17-5-1)54-27-14-29-56(65-54)44-32-35-58-52(39-44)50-34-37-60-62(63(50)68(58)47-23-12-20-43(38-47)48-25-13-26-51-49-24-10-11-31-61(49)69-64(48)51)53-40-45(33-36-59(53)67(60)46-21-8-3-9-22-46)57-30-15-28-55(66-57)42-18-6-2-7-19-42/h1-40H. The fraction of sp³-hybridized carbons (Fsp3) is 0. The number of pyridine rings is 2. The van der Waals surface area contributed by atoms with Gasteiger partial charge in [-0.05, 0) is 18.2 Å². The van der Waals surface area contributed by atoms with Crippen LogP contribution >= 0.6 is 0 Å². The minimum atomic E-state index is 0.215. The third-order valence-electron chi connectivity index (χ3n) is 13.7. The van der Waals surface area contributed by atoms with Crippen LogP contribution in [0.1, 0.15) is 0 Å². The molecular formula is C64H40N4Se. The van der Waals surface area contributed by atoms with Crippen molar-refractivity contribution >= 4 is 77.4 Å². The van der Waals surface area contributed by atoms with Crippen LogP contribution in [0.5, 0.6) is 0 Å². The zero-order valence-electron chi connectivity index (χ0n) is 37.3. The van der Waals surface area contributed by atoms with Gasteiger partial charge in [-0.3, -0.25) is 0 Å². The number of nitrogens with zero attached hydrogens (tertiary/aromatic N) is 4. The molecule has 0 saturated carbocycles. The van der Waals surface area contributed by atoms with Crippen LogP contribution in [-0.2, 0) is 0 Å². The molecule has 5 aromatic heterocycles. The average Bonchev–Trinajstić information content (AvgIpc) is 4.09. The summed E-state index contributed by atoms with van der Waals surface area (Å²) >= 11 is 0.215. The molecule has 4 nitrogen and oxygen atoms in total. The van der Waals surface area contributed by atoms with E-state index in [2.05, 4.69) is 246 Å². The monoisotopic (exact) mass is 944 g/mol. The SMILES string of the molecule is c1ccc(-c2cccc(-c3ccc4c(c3)c3c(ccc5c6cc(-c7cccc(-c8ccccc8)n7)ccc6n(-c6cccc(-c7cccc8c7[se]c7ccccc78)c6)c53)n4-c3ccccc3)n2)cc1. The molecule has 0 bridgehead atoms. The van der Waals surface area contributed by atoms with E-state index in [0.717, 1.165) is 73.0 Å². The second-order valence-electron chi connectivity index (χ2n) is 17.7. The van der Waals surface area contributed by atoms with Crippen LogP contribution in [0.25, 0.3) is 130 Å². The Labute approximate surface area is 404 Å². The predicted octanol–water partition coefficient (Wildman–Crippen LogP) is 16.4. The van der Waals surface area contributed by atoms with E-state index in [1.54, 1.807) is 0 Å². The molecule has 14 aromatic rings. The van der Waals surface area contributed by atoms with E-state index in [0.29, 0.717) is 0 Å². The van der Waals surface area contributed by atoms with Crippen molar-refractivity contribution in [3.63, 3.8) is 0 Å². The van der Waals surface area contributed by atoms with Crippen LogP contribution in [0, 0.1) is 0 Å². The first-order chi connectivity index (χ1) is 34.2. The van der Waals surface area contributed by atoms with Crippen LogP contribution in [-0.4, -0.2) is 33.6 Å². The van der Waals surface area contributed by atoms with Crippen LogP contribution in [0.3, 0.4) is 0 Å². The number of hydrogen-bond donors (Lipinski definition) is 0. The Bertz CT molecular complexity index is 4300. The Hall–Kier alpha value is -8.60. The molecule has 0 aliphatic heterocycles. The van der Waals surface area contributed by atoms with Crippen molar-refractivity contribution in [2.75, 3.05) is 0 Å². The Morgan fingerprint density at radius 3 is 1.52 bits per heavy atom. The first kappa shape index (κ1) is 39.6. The molecule has 0 fully saturated rings. The third-order valence-corrected chi connectivity index (χ3v) is 16.3. The predicted molar refractivity (Wildman–Crippen MR) is 290 cm³/mol. The van der Waals surface area contributed by atoms with Gasteiger partial charge in [0, 0.05) is 11.1 Å². The number of fused-ring (bicyclic) bond motifs is 10. The van der Waals surface area contributed by atoms with Gasteiger partial charge in [-0.25, -0.2) is 4.98 Å². The summed E-state index contributed by atoms with van der Waals surface area (Å²) in [6.45, 7) is 0. The van der Waals surface area contributed by atoms with Gasteiger partial charge in [0.05, 0.1) is 11.4 Å². The zero-order valence-corrected chi connectivity index (χ0v) is 39.0. The summed E-state index contributed by atoms with van der Waals surface area (Å²) in [5.41, 5.74) is 17.5. The average molecular weight is 944 g/mol. The van der Waals surface area contributed by atoms with Gasteiger partial charge in [-0.15, -0.1) is 0 Å². The molecule has 0 unspecified atom stereocenters. The Balaban J connectivity index is 1.06. The third kappa shape index (κ3) is 6.51. The van der Waals surface area contributed by atoms with E-state index in [1.165, 1.54) is 57.5 Å². The zero-order chi connectivity index (χ0) is 45.4. The van der Waals surface area contributed by atoms with Gasteiger partial charge < -0.3 is 0 Å². The molecule has 322 valence electrons. The smallest absolute Gasteiger partial charge is 0.248 e. The first-order valence-electron chi connectivity index (χ1n) is 23.4. The fourth-order valence-electron chi connectivity index (χ4n) is 10.6. The molecule has 0 radical (unpaired) electrons. The number of benzene rings is 9. The van der Waals surface area contributed by atoms with E-state index in [4.69, 9.17) is 9.97 Å². The van der Waals surface area contributed by atoms with Crippen molar-refractivity contribution in [1.82, 2.24) is 19.1 Å². The quantitative estimate of drug-likeness (QED) is 0.149. The molecule has 9 aromatic carbocycles. The summed E-state index contributed by atoms with van der Waals surface area (Å²) in [6.07, 6.45) is 0. The number of hydrogen-bond acceptors (Lipinski definition) is 2. The van der Waals surface area contributed by atoms with Crippen molar-refractivity contribution in [1.29, 1.82) is 0 Å². The molecule has 0 amide bonds. The van der Waals surface area contributed by atoms with Gasteiger partial charge in [0.15, 0.2) is 0 Å². The summed E-state index contributed by atoms with van der Waals surface area (Å²) in [7, 11) is 0. The second-order valence-corrected chi connectivity index (χ2v) is 19.9. The summed E-state index contributed by atoms with van der Waals surface area (Å²) in [4.78, 5) is 10.5. The molecule has 0 aliphatic rings. The molecule has 69 heavy (non-hydrogen) atoms. The summed E-state index contributed by atoms with van der Waals surface area (Å²) in [5, 5.41) is 7.45. The van der Waals surface area contributed by atoms with Gasteiger partial charge in [-0.1, -0.05) is 91.0 Å². The van der Waals surface area contributed by atoms with E-state index in [1.807, 2.05) is 6.07 Å². The number of rotatable bonds is 7. The molecule has 5 heterocycles. The summed E-state index contributed by atoms with van der Waals surface area (Å²) < 4.78 is 7.85. The maximum absolute atomic E-state index is 5.25. The van der Waals surface area contributed by atoms with E-state index in [-0.39, 0.29) is 14.5 Å². The van der Waals surface area contributed by atoms with Gasteiger partial charge in [0.25, 0.3) is 0 Å². The summed E-state index contributed by atoms with van der Waals surface area (Å²) in [5.74, 6) is 0. The van der Waals surface area contributed by atoms with Crippen molar-refractivity contribution in [2.24, 2.45) is 0 Å². The van der Waals surface area contributed by atoms with Crippen molar-refractivity contribution in [2.45, 2.75) is 0 Å². The van der Waals surface area contributed by atoms with Gasteiger partial charge in [0.1, 0.15) is 0 Å². The van der Waals surface area contributed by atoms with E-state index >= 15 is 0 Å². The fourth-order valence-corrected chi connectivity index (χ4v) is 13.2. The van der Waals surface area contributed by atoms with E-state index < -0.39 is 0 Å². The van der Waals surface area contributed by atoms with Crippen LogP contribution in [0.4, 0.5) is 0 Å². The van der Waals surface area contributed by atoms with Crippen LogP contribution in [0.2, 0.25) is 0 Å². The van der Waals surface area contributed by atoms with Crippen molar-refractivity contribution < 1.29 is 0 Å². The normalized spacial score (nSPS) is 11.8. The van der Waals surface area contributed by atoms with E-state index in [9.17, 15) is 0 Å². The molecule has 0 spiro atoms. The minimum Gasteiger partial charge on any atom is -0.248 e. The van der Waals surface area contributed by atoms with Gasteiger partial charge in [0.2, 0.25) is 0 Å². The topological polar surface area (TPSA) is 35.6 Å². The Morgan fingerprint density at radius 1 is 0.304 bits per heavy atom. The summed E-state index contributed by atoms with van der Waals surface area (Å²) in [6, 6.07) is 87.8. The molecule has 14 rings (SSSR count). The molecule has 0 atom stereocenters. The van der Waals surface area contributed by atoms with Gasteiger partial charge in [-0.2, -0.15) is 0 Å². The van der Waals surface area contributed by atoms with Gasteiger partial charge >= 0.3 is 270 Å². The first-order valence-corrected chi connectivity index (χ1v) is 25.1. The molecular weight excluding hydrogens is 904 g/mol.